The molecular weight excluding hydrogens is 384 g/mol. The van der Waals surface area contributed by atoms with E-state index in [4.69, 9.17) is 17.0 Å². The largest absolute Gasteiger partial charge is 0.376 e. The topological polar surface area (TPSA) is 61.8 Å². The van der Waals surface area contributed by atoms with Gasteiger partial charge >= 0.3 is 0 Å². The lowest BCUT2D eigenvalue weighted by molar-refractivity contribution is -0.858. The summed E-state index contributed by atoms with van der Waals surface area (Å²) < 4.78 is 5.82. The molecule has 1 saturated heterocycles. The van der Waals surface area contributed by atoms with Crippen LogP contribution in [0.3, 0.4) is 0 Å². The van der Waals surface area contributed by atoms with Gasteiger partial charge in [-0.2, -0.15) is 0 Å². The summed E-state index contributed by atoms with van der Waals surface area (Å²) in [6.45, 7) is 5.93. The Hall–Kier alpha value is -1.96. The van der Waals surface area contributed by atoms with Gasteiger partial charge < -0.3 is 24.8 Å². The number of rotatable bonds is 8. The molecule has 1 aliphatic rings. The zero-order valence-corrected chi connectivity index (χ0v) is 18.5. The van der Waals surface area contributed by atoms with Gasteiger partial charge in [0, 0.05) is 37.2 Å². The number of quaternary nitrogens is 1. The highest BCUT2D eigenvalue weighted by Crippen LogP contribution is 2.17. The molecule has 3 rings (SSSR count). The van der Waals surface area contributed by atoms with Crippen molar-refractivity contribution in [2.45, 2.75) is 38.8 Å². The van der Waals surface area contributed by atoms with Crippen molar-refractivity contribution in [2.75, 3.05) is 40.3 Å². The standard InChI is InChI=1S/C22H32N4O2S/c1-16-7-8-17-13-18(21(27)24-20(17)12-16)14-26(15-19-6-4-11-28-19)22(29)23-9-5-10-25(2)3/h7-8,12-13,19H,4-6,9-11,14-15H2,1-3H3,(H,23,29)(H,24,27)/p+1/t19-/m0/s1. The average molecular weight is 418 g/mol. The Morgan fingerprint density at radius 2 is 2.21 bits per heavy atom. The highest BCUT2D eigenvalue weighted by molar-refractivity contribution is 7.80. The van der Waals surface area contributed by atoms with Gasteiger partial charge in [-0.1, -0.05) is 12.1 Å². The zero-order valence-electron chi connectivity index (χ0n) is 17.7. The zero-order chi connectivity index (χ0) is 20.8. The van der Waals surface area contributed by atoms with Crippen LogP contribution >= 0.6 is 12.2 Å². The van der Waals surface area contributed by atoms with E-state index >= 15 is 0 Å². The van der Waals surface area contributed by atoms with Gasteiger partial charge in [0.25, 0.3) is 5.56 Å². The first-order valence-corrected chi connectivity index (χ1v) is 10.9. The minimum absolute atomic E-state index is 0.0561. The average Bonchev–Trinajstić information content (AvgIpc) is 3.18. The van der Waals surface area contributed by atoms with Gasteiger partial charge in [0.15, 0.2) is 5.11 Å². The Balaban J connectivity index is 1.74. The van der Waals surface area contributed by atoms with Crippen LogP contribution in [0.2, 0.25) is 0 Å². The molecule has 0 aliphatic carbocycles. The quantitative estimate of drug-likeness (QED) is 0.445. The third-order valence-corrected chi connectivity index (χ3v) is 5.71. The first-order valence-electron chi connectivity index (χ1n) is 10.5. The van der Waals surface area contributed by atoms with Crippen molar-refractivity contribution >= 4 is 28.2 Å². The van der Waals surface area contributed by atoms with E-state index in [9.17, 15) is 4.79 Å². The van der Waals surface area contributed by atoms with Crippen LogP contribution in [-0.2, 0) is 11.3 Å². The van der Waals surface area contributed by atoms with E-state index in [1.54, 1.807) is 0 Å². The van der Waals surface area contributed by atoms with Gasteiger partial charge in [-0.15, -0.1) is 0 Å². The van der Waals surface area contributed by atoms with Crippen molar-refractivity contribution in [3.05, 3.63) is 45.7 Å². The van der Waals surface area contributed by atoms with Crippen molar-refractivity contribution in [3.63, 3.8) is 0 Å². The van der Waals surface area contributed by atoms with Gasteiger partial charge in [0.2, 0.25) is 0 Å². The van der Waals surface area contributed by atoms with Crippen molar-refractivity contribution < 1.29 is 9.64 Å². The number of hydrogen-bond donors (Lipinski definition) is 3. The minimum Gasteiger partial charge on any atom is -0.376 e. The van der Waals surface area contributed by atoms with E-state index in [-0.39, 0.29) is 11.7 Å². The van der Waals surface area contributed by atoms with Gasteiger partial charge in [-0.05, 0) is 55.1 Å². The molecule has 3 N–H and O–H groups in total. The molecule has 0 unspecified atom stereocenters. The van der Waals surface area contributed by atoms with Crippen molar-refractivity contribution in [1.82, 2.24) is 15.2 Å². The van der Waals surface area contributed by atoms with Crippen molar-refractivity contribution in [1.29, 1.82) is 0 Å². The summed E-state index contributed by atoms with van der Waals surface area (Å²) in [5, 5.41) is 5.10. The third kappa shape index (κ3) is 6.26. The van der Waals surface area contributed by atoms with Crippen LogP contribution in [0.15, 0.2) is 29.1 Å². The lowest BCUT2D eigenvalue weighted by Crippen LogP contribution is -3.05. The SMILES string of the molecule is Cc1ccc2cc(CN(C[C@@H]3CCCO3)C(=S)NCCC[NH+](C)C)c(=O)[nH]c2c1. The molecule has 158 valence electrons. The summed E-state index contributed by atoms with van der Waals surface area (Å²) in [6.07, 6.45) is 3.34. The molecule has 1 aromatic carbocycles. The molecule has 1 fully saturated rings. The van der Waals surface area contributed by atoms with Gasteiger partial charge in [0.1, 0.15) is 0 Å². The Labute approximate surface area is 178 Å². The number of aryl methyl sites for hydroxylation is 1. The van der Waals surface area contributed by atoms with Gasteiger partial charge in [0.05, 0.1) is 33.3 Å². The lowest BCUT2D eigenvalue weighted by Gasteiger charge is -2.28. The maximum absolute atomic E-state index is 12.7. The number of aromatic nitrogens is 1. The monoisotopic (exact) mass is 417 g/mol. The van der Waals surface area contributed by atoms with Crippen LogP contribution in [0.25, 0.3) is 10.9 Å². The molecule has 1 aliphatic heterocycles. The second-order valence-electron chi connectivity index (χ2n) is 8.27. The molecule has 29 heavy (non-hydrogen) atoms. The number of nitrogens with one attached hydrogen (secondary N) is 3. The Morgan fingerprint density at radius 1 is 1.38 bits per heavy atom. The fraction of sp³-hybridized carbons (Fsp3) is 0.545. The summed E-state index contributed by atoms with van der Waals surface area (Å²) in [7, 11) is 4.30. The normalized spacial score (nSPS) is 16.5. The van der Waals surface area contributed by atoms with Gasteiger partial charge in [-0.25, -0.2) is 0 Å². The molecule has 7 heteroatoms. The fourth-order valence-electron chi connectivity index (χ4n) is 3.69. The lowest BCUT2D eigenvalue weighted by atomic mass is 10.1. The van der Waals surface area contributed by atoms with Crippen LogP contribution < -0.4 is 15.8 Å². The summed E-state index contributed by atoms with van der Waals surface area (Å²) in [5.74, 6) is 0. The number of thiocarbonyl (C=S) groups is 1. The Kier molecular flexibility index (Phi) is 7.64. The molecule has 0 radical (unpaired) electrons. The molecule has 6 nitrogen and oxygen atoms in total. The maximum Gasteiger partial charge on any atom is 0.253 e. The number of nitrogens with zero attached hydrogens (tertiary/aromatic N) is 1. The first-order chi connectivity index (χ1) is 13.9. The van der Waals surface area contributed by atoms with E-state index < -0.39 is 0 Å². The van der Waals surface area contributed by atoms with E-state index in [0.717, 1.165) is 61.0 Å². The summed E-state index contributed by atoms with van der Waals surface area (Å²) in [6, 6.07) is 8.10. The second kappa shape index (κ2) is 10.2. The predicted molar refractivity (Wildman–Crippen MR) is 122 cm³/mol. The van der Waals surface area contributed by atoms with E-state index in [0.29, 0.717) is 18.2 Å². The molecule has 0 saturated carbocycles. The smallest absolute Gasteiger partial charge is 0.253 e. The van der Waals surface area contributed by atoms with E-state index in [1.807, 2.05) is 19.1 Å². The number of ether oxygens (including phenoxy) is 1. The van der Waals surface area contributed by atoms with Crippen LogP contribution in [0.5, 0.6) is 0 Å². The third-order valence-electron chi connectivity index (χ3n) is 5.30. The number of H-pyrrole nitrogens is 1. The minimum atomic E-state index is -0.0561. The fourth-order valence-corrected chi connectivity index (χ4v) is 3.93. The van der Waals surface area contributed by atoms with E-state index in [2.05, 4.69) is 41.4 Å². The van der Waals surface area contributed by atoms with Crippen LogP contribution in [0.4, 0.5) is 0 Å². The highest BCUT2D eigenvalue weighted by Gasteiger charge is 2.22. The molecule has 0 spiro atoms. The van der Waals surface area contributed by atoms with Crippen LogP contribution in [0.1, 0.15) is 30.4 Å². The van der Waals surface area contributed by atoms with Crippen molar-refractivity contribution in [3.8, 4) is 0 Å². The molecule has 0 amide bonds. The van der Waals surface area contributed by atoms with E-state index in [1.165, 1.54) is 4.90 Å². The highest BCUT2D eigenvalue weighted by atomic mass is 32.1. The second-order valence-corrected chi connectivity index (χ2v) is 8.66. The molecule has 0 bridgehead atoms. The van der Waals surface area contributed by atoms with Gasteiger partial charge in [-0.3, -0.25) is 4.79 Å². The number of benzene rings is 1. The predicted octanol–water partition coefficient (Wildman–Crippen LogP) is 1.23. The van der Waals surface area contributed by atoms with Crippen LogP contribution in [-0.4, -0.2) is 61.4 Å². The summed E-state index contributed by atoms with van der Waals surface area (Å²) in [4.78, 5) is 19.2. The molecule has 1 atom stereocenters. The maximum atomic E-state index is 12.7. The van der Waals surface area contributed by atoms with Crippen LogP contribution in [0, 0.1) is 6.92 Å². The number of fused-ring (bicyclic) bond motifs is 1. The number of aromatic amines is 1. The summed E-state index contributed by atoms with van der Waals surface area (Å²) in [5.41, 5.74) is 2.67. The number of hydrogen-bond acceptors (Lipinski definition) is 3. The molecule has 2 aromatic rings. The molecule has 1 aromatic heterocycles. The first kappa shape index (κ1) is 21.7. The Morgan fingerprint density at radius 3 is 2.93 bits per heavy atom. The molecular formula is C22H33N4O2S+. The van der Waals surface area contributed by atoms with Crippen molar-refractivity contribution in [2.24, 2.45) is 0 Å². The summed E-state index contributed by atoms with van der Waals surface area (Å²) >= 11 is 5.68. The molecule has 2 heterocycles. The Bertz CT molecular complexity index is 890. The number of pyridine rings is 1.